The van der Waals surface area contributed by atoms with Crippen LogP contribution in [0.5, 0.6) is 0 Å². The Hall–Kier alpha value is -0.0400. The van der Waals surface area contributed by atoms with Crippen LogP contribution < -0.4 is 0 Å². The molecule has 0 amide bonds. The highest BCUT2D eigenvalue weighted by molar-refractivity contribution is 4.87. The standard InChI is InChI=1S/C8H16O/c1-5-8(4,6-2)7(3)9/h7,9H,3-6H2,1-2H3. The summed E-state index contributed by atoms with van der Waals surface area (Å²) in [6.45, 7) is 11.5. The van der Waals surface area contributed by atoms with E-state index in [1.165, 1.54) is 0 Å². The number of hydrogen-bond acceptors (Lipinski definition) is 1. The zero-order chi connectivity index (χ0) is 7.49. The minimum absolute atomic E-state index is 0.222. The fourth-order valence-electron chi connectivity index (χ4n) is 0.721. The van der Waals surface area contributed by atoms with Crippen molar-refractivity contribution in [3.8, 4) is 0 Å². The third-order valence-corrected chi connectivity index (χ3v) is 2.12. The summed E-state index contributed by atoms with van der Waals surface area (Å²) >= 11 is 0. The Morgan fingerprint density at radius 1 is 1.44 bits per heavy atom. The smallest absolute Gasteiger partial charge is 0.0597 e. The Morgan fingerprint density at radius 3 is 1.78 bits per heavy atom. The Bertz CT molecular complexity index is 72.6. The van der Waals surface area contributed by atoms with Gasteiger partial charge in [-0.15, -0.1) is 0 Å². The molecule has 9 heavy (non-hydrogen) atoms. The van der Waals surface area contributed by atoms with Crippen LogP contribution in [0.2, 0.25) is 0 Å². The van der Waals surface area contributed by atoms with E-state index in [1.807, 2.05) is 13.8 Å². The maximum absolute atomic E-state index is 9.10. The predicted molar refractivity (Wildman–Crippen MR) is 39.7 cm³/mol. The summed E-state index contributed by atoms with van der Waals surface area (Å²) in [6, 6.07) is 0. The van der Waals surface area contributed by atoms with Crippen molar-refractivity contribution in [3.63, 3.8) is 0 Å². The number of hydrogen-bond donors (Lipinski definition) is 1. The lowest BCUT2D eigenvalue weighted by molar-refractivity contribution is 0.0878. The van der Waals surface area contributed by atoms with Gasteiger partial charge >= 0.3 is 0 Å². The molecule has 0 aromatic rings. The maximum Gasteiger partial charge on any atom is 0.0597 e. The molecular weight excluding hydrogens is 112 g/mol. The van der Waals surface area contributed by atoms with Crippen molar-refractivity contribution in [3.05, 3.63) is 13.8 Å². The quantitative estimate of drug-likeness (QED) is 0.614. The average Bonchev–Trinajstić information content (AvgIpc) is 1.86. The minimum Gasteiger partial charge on any atom is -0.393 e. The highest BCUT2D eigenvalue weighted by Gasteiger charge is 2.25. The Morgan fingerprint density at radius 2 is 1.78 bits per heavy atom. The molecule has 2 radical (unpaired) electrons. The van der Waals surface area contributed by atoms with Crippen molar-refractivity contribution in [2.75, 3.05) is 0 Å². The van der Waals surface area contributed by atoms with Crippen molar-refractivity contribution in [2.24, 2.45) is 5.41 Å². The van der Waals surface area contributed by atoms with Gasteiger partial charge in [-0.3, -0.25) is 0 Å². The number of rotatable bonds is 3. The van der Waals surface area contributed by atoms with Gasteiger partial charge < -0.3 is 5.11 Å². The normalized spacial score (nSPS) is 15.7. The van der Waals surface area contributed by atoms with Crippen molar-refractivity contribution in [1.82, 2.24) is 0 Å². The topological polar surface area (TPSA) is 20.2 Å². The van der Waals surface area contributed by atoms with Gasteiger partial charge in [0.05, 0.1) is 6.10 Å². The molecule has 0 saturated heterocycles. The average molecular weight is 128 g/mol. The van der Waals surface area contributed by atoms with Crippen LogP contribution in [0.4, 0.5) is 0 Å². The van der Waals surface area contributed by atoms with Gasteiger partial charge in [0, 0.05) is 0 Å². The monoisotopic (exact) mass is 128 g/mol. The SMILES string of the molecule is [CH2]C(O)C([CH2])(CC)CC. The van der Waals surface area contributed by atoms with E-state index in [4.69, 9.17) is 5.11 Å². The third-order valence-electron chi connectivity index (χ3n) is 2.12. The molecule has 0 aliphatic carbocycles. The molecule has 1 N–H and O–H groups in total. The van der Waals surface area contributed by atoms with E-state index in [0.717, 1.165) is 12.8 Å². The summed E-state index contributed by atoms with van der Waals surface area (Å²) < 4.78 is 0. The van der Waals surface area contributed by atoms with E-state index in [1.54, 1.807) is 0 Å². The predicted octanol–water partition coefficient (Wildman–Crippen LogP) is 1.82. The van der Waals surface area contributed by atoms with Crippen LogP contribution in [-0.4, -0.2) is 11.2 Å². The summed E-state index contributed by atoms with van der Waals surface area (Å²) in [5, 5.41) is 9.10. The molecule has 54 valence electrons. The second-order valence-electron chi connectivity index (χ2n) is 2.59. The van der Waals surface area contributed by atoms with Crippen molar-refractivity contribution >= 4 is 0 Å². The van der Waals surface area contributed by atoms with E-state index in [9.17, 15) is 0 Å². The van der Waals surface area contributed by atoms with Crippen LogP contribution >= 0.6 is 0 Å². The van der Waals surface area contributed by atoms with Crippen LogP contribution in [-0.2, 0) is 0 Å². The summed E-state index contributed by atoms with van der Waals surface area (Å²) in [4.78, 5) is 0. The lowest BCUT2D eigenvalue weighted by Gasteiger charge is -2.29. The summed E-state index contributed by atoms with van der Waals surface area (Å²) in [7, 11) is 0. The third kappa shape index (κ3) is 1.98. The zero-order valence-corrected chi connectivity index (χ0v) is 6.35. The fraction of sp³-hybridized carbons (Fsp3) is 0.750. The molecule has 1 atom stereocenters. The first-order valence-electron chi connectivity index (χ1n) is 3.43. The molecule has 0 fully saturated rings. The molecule has 0 aromatic heterocycles. The van der Waals surface area contributed by atoms with Gasteiger partial charge in [0.25, 0.3) is 0 Å². The fourth-order valence-corrected chi connectivity index (χ4v) is 0.721. The minimum atomic E-state index is -0.535. The highest BCUT2D eigenvalue weighted by Crippen LogP contribution is 2.28. The molecule has 0 spiro atoms. The van der Waals surface area contributed by atoms with E-state index >= 15 is 0 Å². The first-order chi connectivity index (χ1) is 4.06. The zero-order valence-electron chi connectivity index (χ0n) is 6.35. The molecule has 0 rings (SSSR count). The Labute approximate surface area is 58.1 Å². The van der Waals surface area contributed by atoms with Crippen LogP contribution in [0.15, 0.2) is 0 Å². The van der Waals surface area contributed by atoms with Crippen molar-refractivity contribution in [2.45, 2.75) is 32.8 Å². The first-order valence-corrected chi connectivity index (χ1v) is 3.43. The highest BCUT2D eigenvalue weighted by atomic mass is 16.3. The summed E-state index contributed by atoms with van der Waals surface area (Å²) in [5.41, 5.74) is -0.222. The van der Waals surface area contributed by atoms with E-state index < -0.39 is 6.10 Å². The number of aliphatic hydroxyl groups is 1. The lowest BCUT2D eigenvalue weighted by atomic mass is 9.80. The maximum atomic E-state index is 9.10. The molecule has 1 unspecified atom stereocenters. The largest absolute Gasteiger partial charge is 0.393 e. The summed E-state index contributed by atoms with van der Waals surface area (Å²) in [6.07, 6.45) is 1.23. The van der Waals surface area contributed by atoms with Crippen LogP contribution in [0, 0.1) is 19.3 Å². The van der Waals surface area contributed by atoms with E-state index in [0.29, 0.717) is 0 Å². The Kier molecular flexibility index (Phi) is 3.20. The molecule has 1 heteroatoms. The van der Waals surface area contributed by atoms with Crippen LogP contribution in [0.1, 0.15) is 26.7 Å². The van der Waals surface area contributed by atoms with E-state index in [2.05, 4.69) is 13.8 Å². The van der Waals surface area contributed by atoms with Gasteiger partial charge in [0.1, 0.15) is 0 Å². The lowest BCUT2D eigenvalue weighted by Crippen LogP contribution is -2.28. The van der Waals surface area contributed by atoms with Crippen molar-refractivity contribution in [1.29, 1.82) is 0 Å². The van der Waals surface area contributed by atoms with Gasteiger partial charge in [-0.05, 0) is 32.1 Å². The molecular formula is C8H16O. The van der Waals surface area contributed by atoms with E-state index in [-0.39, 0.29) is 5.41 Å². The van der Waals surface area contributed by atoms with Crippen molar-refractivity contribution < 1.29 is 5.11 Å². The van der Waals surface area contributed by atoms with Crippen LogP contribution in [0.25, 0.3) is 0 Å². The molecule has 0 aliphatic heterocycles. The Balaban J connectivity index is 3.92. The van der Waals surface area contributed by atoms with Gasteiger partial charge in [-0.1, -0.05) is 13.8 Å². The van der Waals surface area contributed by atoms with Gasteiger partial charge in [-0.25, -0.2) is 0 Å². The molecule has 0 saturated carbocycles. The molecule has 1 nitrogen and oxygen atoms in total. The second-order valence-corrected chi connectivity index (χ2v) is 2.59. The van der Waals surface area contributed by atoms with Gasteiger partial charge in [0.2, 0.25) is 0 Å². The number of aliphatic hydroxyl groups excluding tert-OH is 1. The summed E-state index contributed by atoms with van der Waals surface area (Å²) in [5.74, 6) is 0. The second kappa shape index (κ2) is 3.21. The molecule has 0 heterocycles. The first kappa shape index (κ1) is 8.96. The van der Waals surface area contributed by atoms with Gasteiger partial charge in [-0.2, -0.15) is 0 Å². The van der Waals surface area contributed by atoms with Crippen LogP contribution in [0.3, 0.4) is 0 Å². The van der Waals surface area contributed by atoms with Gasteiger partial charge in [0.15, 0.2) is 0 Å². The molecule has 0 aromatic carbocycles. The molecule has 0 aliphatic rings. The molecule has 0 bridgehead atoms.